The average molecular weight is 320 g/mol. The van der Waals surface area contributed by atoms with Crippen LogP contribution in [0.5, 0.6) is 0 Å². The normalized spacial score (nSPS) is 13.0. The number of hydrogen-bond donors (Lipinski definition) is 1. The zero-order valence-corrected chi connectivity index (χ0v) is 13.7. The van der Waals surface area contributed by atoms with Gasteiger partial charge >= 0.3 is 0 Å². The van der Waals surface area contributed by atoms with Crippen molar-refractivity contribution in [1.82, 2.24) is 9.55 Å². The van der Waals surface area contributed by atoms with E-state index in [9.17, 15) is 0 Å². The van der Waals surface area contributed by atoms with Crippen LogP contribution >= 0.6 is 22.9 Å². The first-order valence-corrected chi connectivity index (χ1v) is 8.22. The molecule has 3 aromatic rings. The summed E-state index contributed by atoms with van der Waals surface area (Å²) in [6.45, 7) is 4.82. The number of aromatic nitrogens is 2. The average Bonchev–Trinajstić information content (AvgIpc) is 2.95. The summed E-state index contributed by atoms with van der Waals surface area (Å²) < 4.78 is 2.22. The molecule has 2 heterocycles. The van der Waals surface area contributed by atoms with Crippen LogP contribution in [0.3, 0.4) is 0 Å². The maximum Gasteiger partial charge on any atom is 0.113 e. The standard InChI is InChI=1S/C16H18ClN3S/c1-10(18)5-12-7-20(8-16-19-11(2)9-21-16)15-6-13(17)3-4-14(12)15/h3-4,6-7,9-10H,5,8,18H2,1-2H3. The molecule has 21 heavy (non-hydrogen) atoms. The molecule has 0 aliphatic carbocycles. The Morgan fingerprint density at radius 1 is 1.43 bits per heavy atom. The summed E-state index contributed by atoms with van der Waals surface area (Å²) in [5.74, 6) is 0. The molecule has 0 fully saturated rings. The SMILES string of the molecule is Cc1csc(Cn2cc(CC(C)N)c3ccc(Cl)cc32)n1. The van der Waals surface area contributed by atoms with E-state index >= 15 is 0 Å². The van der Waals surface area contributed by atoms with Gasteiger partial charge in [-0.25, -0.2) is 4.98 Å². The second-order valence-electron chi connectivity index (χ2n) is 5.51. The smallest absolute Gasteiger partial charge is 0.113 e. The second kappa shape index (κ2) is 5.79. The number of thiazole rings is 1. The van der Waals surface area contributed by atoms with Gasteiger partial charge in [0, 0.05) is 33.7 Å². The van der Waals surface area contributed by atoms with Crippen LogP contribution in [0.4, 0.5) is 0 Å². The molecule has 110 valence electrons. The van der Waals surface area contributed by atoms with Crippen LogP contribution in [0.15, 0.2) is 29.8 Å². The summed E-state index contributed by atoms with van der Waals surface area (Å²) in [5, 5.41) is 5.17. The molecule has 0 amide bonds. The Labute approximate surface area is 133 Å². The summed E-state index contributed by atoms with van der Waals surface area (Å²) in [5.41, 5.74) is 9.45. The van der Waals surface area contributed by atoms with Gasteiger partial charge in [-0.05, 0) is 38.0 Å². The highest BCUT2D eigenvalue weighted by Crippen LogP contribution is 2.27. The molecule has 2 N–H and O–H groups in total. The van der Waals surface area contributed by atoms with E-state index in [4.69, 9.17) is 17.3 Å². The van der Waals surface area contributed by atoms with E-state index < -0.39 is 0 Å². The Morgan fingerprint density at radius 2 is 2.24 bits per heavy atom. The van der Waals surface area contributed by atoms with Crippen molar-refractivity contribution in [3.63, 3.8) is 0 Å². The van der Waals surface area contributed by atoms with E-state index in [-0.39, 0.29) is 6.04 Å². The van der Waals surface area contributed by atoms with Crippen LogP contribution in [0.25, 0.3) is 10.9 Å². The third kappa shape index (κ3) is 3.12. The van der Waals surface area contributed by atoms with E-state index in [1.807, 2.05) is 26.0 Å². The molecule has 0 radical (unpaired) electrons. The molecule has 3 nitrogen and oxygen atoms in total. The van der Waals surface area contributed by atoms with Gasteiger partial charge in [0.25, 0.3) is 0 Å². The van der Waals surface area contributed by atoms with Crippen LogP contribution < -0.4 is 5.73 Å². The van der Waals surface area contributed by atoms with Crippen molar-refractivity contribution in [1.29, 1.82) is 0 Å². The quantitative estimate of drug-likeness (QED) is 0.790. The Kier molecular flexibility index (Phi) is 4.02. The van der Waals surface area contributed by atoms with Crippen molar-refractivity contribution in [2.45, 2.75) is 32.9 Å². The molecule has 0 saturated heterocycles. The Hall–Kier alpha value is -1.36. The number of nitrogens with zero attached hydrogens (tertiary/aromatic N) is 2. The minimum Gasteiger partial charge on any atom is -0.340 e. The van der Waals surface area contributed by atoms with E-state index in [1.165, 1.54) is 10.9 Å². The van der Waals surface area contributed by atoms with Crippen LogP contribution in [-0.2, 0) is 13.0 Å². The van der Waals surface area contributed by atoms with Gasteiger partial charge in [-0.1, -0.05) is 17.7 Å². The number of fused-ring (bicyclic) bond motifs is 1. The van der Waals surface area contributed by atoms with Gasteiger partial charge in [-0.2, -0.15) is 0 Å². The minimum absolute atomic E-state index is 0.141. The lowest BCUT2D eigenvalue weighted by Crippen LogP contribution is -2.17. The molecule has 0 aliphatic rings. The maximum absolute atomic E-state index is 6.16. The summed E-state index contributed by atoms with van der Waals surface area (Å²) in [6.07, 6.45) is 3.04. The highest BCUT2D eigenvalue weighted by molar-refractivity contribution is 7.09. The molecule has 5 heteroatoms. The zero-order valence-electron chi connectivity index (χ0n) is 12.1. The maximum atomic E-state index is 6.16. The summed E-state index contributed by atoms with van der Waals surface area (Å²) in [4.78, 5) is 4.55. The Bertz CT molecular complexity index is 773. The second-order valence-corrected chi connectivity index (χ2v) is 6.89. The first-order valence-electron chi connectivity index (χ1n) is 6.97. The lowest BCUT2D eigenvalue weighted by Gasteiger charge is -2.02. The lowest BCUT2D eigenvalue weighted by molar-refractivity contribution is 0.734. The highest BCUT2D eigenvalue weighted by atomic mass is 35.5. The monoisotopic (exact) mass is 319 g/mol. The molecule has 3 rings (SSSR count). The van der Waals surface area contributed by atoms with E-state index in [0.717, 1.165) is 34.2 Å². The highest BCUT2D eigenvalue weighted by Gasteiger charge is 2.12. The predicted molar refractivity (Wildman–Crippen MR) is 90.3 cm³/mol. The lowest BCUT2D eigenvalue weighted by atomic mass is 10.1. The number of halogens is 1. The summed E-state index contributed by atoms with van der Waals surface area (Å²) >= 11 is 7.85. The molecule has 1 unspecified atom stereocenters. The first-order chi connectivity index (χ1) is 10.0. The van der Waals surface area contributed by atoms with Gasteiger partial charge in [0.2, 0.25) is 0 Å². The fraction of sp³-hybridized carbons (Fsp3) is 0.312. The minimum atomic E-state index is 0.141. The van der Waals surface area contributed by atoms with Crippen molar-refractivity contribution in [3.05, 3.63) is 51.1 Å². The number of rotatable bonds is 4. The third-order valence-electron chi connectivity index (χ3n) is 3.44. The van der Waals surface area contributed by atoms with Gasteiger partial charge in [0.15, 0.2) is 0 Å². The summed E-state index contributed by atoms with van der Waals surface area (Å²) in [7, 11) is 0. The van der Waals surface area contributed by atoms with Crippen molar-refractivity contribution in [3.8, 4) is 0 Å². The molecule has 0 spiro atoms. The van der Waals surface area contributed by atoms with E-state index in [0.29, 0.717) is 0 Å². The summed E-state index contributed by atoms with van der Waals surface area (Å²) in [6, 6.07) is 6.18. The van der Waals surface area contributed by atoms with Crippen LogP contribution in [-0.4, -0.2) is 15.6 Å². The van der Waals surface area contributed by atoms with Gasteiger partial charge < -0.3 is 10.3 Å². The van der Waals surface area contributed by atoms with Gasteiger partial charge in [-0.15, -0.1) is 11.3 Å². The van der Waals surface area contributed by atoms with Gasteiger partial charge in [0.05, 0.1) is 12.1 Å². The molecule has 2 aromatic heterocycles. The largest absolute Gasteiger partial charge is 0.340 e. The van der Waals surface area contributed by atoms with Crippen molar-refractivity contribution in [2.75, 3.05) is 0 Å². The molecular weight excluding hydrogens is 302 g/mol. The van der Waals surface area contributed by atoms with Crippen molar-refractivity contribution in [2.24, 2.45) is 5.73 Å². The first kappa shape index (κ1) is 14.6. The molecule has 1 aromatic carbocycles. The molecular formula is C16H18ClN3S. The number of benzene rings is 1. The van der Waals surface area contributed by atoms with Crippen molar-refractivity contribution >= 4 is 33.8 Å². The molecule has 0 saturated carbocycles. The fourth-order valence-corrected chi connectivity index (χ4v) is 3.54. The Balaban J connectivity index is 2.06. The van der Waals surface area contributed by atoms with Gasteiger partial charge in [-0.3, -0.25) is 0 Å². The third-order valence-corrected chi connectivity index (χ3v) is 4.63. The van der Waals surface area contributed by atoms with Crippen molar-refractivity contribution < 1.29 is 0 Å². The Morgan fingerprint density at radius 3 is 2.90 bits per heavy atom. The predicted octanol–water partition coefficient (Wildman–Crippen LogP) is 4.00. The van der Waals surface area contributed by atoms with E-state index in [1.54, 1.807) is 11.3 Å². The van der Waals surface area contributed by atoms with Crippen LogP contribution in [0.2, 0.25) is 5.02 Å². The zero-order chi connectivity index (χ0) is 15.0. The molecule has 0 bridgehead atoms. The van der Waals surface area contributed by atoms with Crippen LogP contribution in [0, 0.1) is 6.92 Å². The topological polar surface area (TPSA) is 43.8 Å². The van der Waals surface area contributed by atoms with Gasteiger partial charge in [0.1, 0.15) is 5.01 Å². The molecule has 1 atom stereocenters. The van der Waals surface area contributed by atoms with Crippen LogP contribution in [0.1, 0.15) is 23.2 Å². The molecule has 0 aliphatic heterocycles. The number of aryl methyl sites for hydroxylation is 1. The fourth-order valence-electron chi connectivity index (χ4n) is 2.60. The number of nitrogens with two attached hydrogens (primary N) is 1. The van der Waals surface area contributed by atoms with E-state index in [2.05, 4.69) is 27.2 Å². The number of hydrogen-bond acceptors (Lipinski definition) is 3.